The van der Waals surface area contributed by atoms with Gasteiger partial charge >= 0.3 is 6.01 Å². The molecule has 1 aromatic heterocycles. The molecule has 0 atom stereocenters. The number of methoxy groups -OCH3 is 1. The molecule has 1 aliphatic rings. The minimum absolute atomic E-state index is 0.350. The maximum Gasteiger partial charge on any atom is 0.322 e. The van der Waals surface area contributed by atoms with Gasteiger partial charge in [-0.1, -0.05) is 19.8 Å². The summed E-state index contributed by atoms with van der Waals surface area (Å²) in [6.45, 7) is 3.88. The lowest BCUT2D eigenvalue weighted by Gasteiger charge is -2.12. The van der Waals surface area contributed by atoms with Gasteiger partial charge in [0.1, 0.15) is 0 Å². The first kappa shape index (κ1) is 13.8. The topological polar surface area (TPSA) is 72.0 Å². The zero-order chi connectivity index (χ0) is 13.5. The SMILES string of the molecule is CCCNc1nc(NCC2CCCC2)nc(OC)n1. The Morgan fingerprint density at radius 3 is 2.42 bits per heavy atom. The Morgan fingerprint density at radius 1 is 1.11 bits per heavy atom. The summed E-state index contributed by atoms with van der Waals surface area (Å²) < 4.78 is 5.11. The number of hydrogen-bond acceptors (Lipinski definition) is 6. The average molecular weight is 265 g/mol. The minimum Gasteiger partial charge on any atom is -0.467 e. The maximum absolute atomic E-state index is 5.11. The molecule has 1 aromatic rings. The lowest BCUT2D eigenvalue weighted by molar-refractivity contribution is 0.379. The number of aromatic nitrogens is 3. The summed E-state index contributed by atoms with van der Waals surface area (Å²) in [6, 6.07) is 0.350. The fraction of sp³-hybridized carbons (Fsp3) is 0.769. The van der Waals surface area contributed by atoms with Crippen LogP contribution in [0.15, 0.2) is 0 Å². The minimum atomic E-state index is 0.350. The fourth-order valence-electron chi connectivity index (χ4n) is 2.29. The molecule has 0 radical (unpaired) electrons. The molecule has 2 rings (SSSR count). The largest absolute Gasteiger partial charge is 0.467 e. The zero-order valence-electron chi connectivity index (χ0n) is 11.8. The zero-order valence-corrected chi connectivity index (χ0v) is 11.8. The van der Waals surface area contributed by atoms with E-state index in [1.54, 1.807) is 7.11 Å². The van der Waals surface area contributed by atoms with Crippen LogP contribution in [0.5, 0.6) is 6.01 Å². The highest BCUT2D eigenvalue weighted by molar-refractivity contribution is 5.35. The van der Waals surface area contributed by atoms with Gasteiger partial charge in [-0.15, -0.1) is 0 Å². The highest BCUT2D eigenvalue weighted by Gasteiger charge is 2.15. The number of rotatable bonds is 7. The van der Waals surface area contributed by atoms with Crippen molar-refractivity contribution in [3.05, 3.63) is 0 Å². The molecule has 0 saturated heterocycles. The van der Waals surface area contributed by atoms with Gasteiger partial charge < -0.3 is 15.4 Å². The molecule has 1 aliphatic carbocycles. The van der Waals surface area contributed by atoms with Crippen LogP contribution in [0.4, 0.5) is 11.9 Å². The van der Waals surface area contributed by atoms with Gasteiger partial charge in [0.05, 0.1) is 7.11 Å². The van der Waals surface area contributed by atoms with E-state index in [9.17, 15) is 0 Å². The summed E-state index contributed by atoms with van der Waals surface area (Å²) in [6.07, 6.45) is 6.32. The standard InChI is InChI=1S/C13H23N5O/c1-3-8-14-11-16-12(18-13(17-11)19-2)15-9-10-6-4-5-7-10/h10H,3-9H2,1-2H3,(H2,14,15,16,17,18). The molecule has 2 N–H and O–H groups in total. The molecule has 1 heterocycles. The van der Waals surface area contributed by atoms with Gasteiger partial charge in [0.25, 0.3) is 0 Å². The Hall–Kier alpha value is -1.59. The van der Waals surface area contributed by atoms with Crippen LogP contribution >= 0.6 is 0 Å². The van der Waals surface area contributed by atoms with Gasteiger partial charge in [-0.3, -0.25) is 0 Å². The highest BCUT2D eigenvalue weighted by atomic mass is 16.5. The van der Waals surface area contributed by atoms with E-state index >= 15 is 0 Å². The molecule has 6 nitrogen and oxygen atoms in total. The molecule has 0 spiro atoms. The molecule has 0 amide bonds. The highest BCUT2D eigenvalue weighted by Crippen LogP contribution is 2.24. The number of anilines is 2. The molecule has 106 valence electrons. The third kappa shape index (κ3) is 4.22. The van der Waals surface area contributed by atoms with Crippen molar-refractivity contribution in [2.75, 3.05) is 30.8 Å². The van der Waals surface area contributed by atoms with Crippen LogP contribution in [0.2, 0.25) is 0 Å². The van der Waals surface area contributed by atoms with Crippen molar-refractivity contribution in [1.82, 2.24) is 15.0 Å². The predicted octanol–water partition coefficient (Wildman–Crippen LogP) is 2.30. The monoisotopic (exact) mass is 265 g/mol. The van der Waals surface area contributed by atoms with Crippen LogP contribution < -0.4 is 15.4 Å². The first-order valence-corrected chi connectivity index (χ1v) is 7.09. The van der Waals surface area contributed by atoms with E-state index in [-0.39, 0.29) is 0 Å². The van der Waals surface area contributed by atoms with E-state index in [4.69, 9.17) is 4.74 Å². The summed E-state index contributed by atoms with van der Waals surface area (Å²) in [5.74, 6) is 1.91. The number of ether oxygens (including phenoxy) is 1. The Balaban J connectivity index is 1.96. The van der Waals surface area contributed by atoms with Crippen LogP contribution in [0.25, 0.3) is 0 Å². The summed E-state index contributed by atoms with van der Waals surface area (Å²) in [5, 5.41) is 6.45. The van der Waals surface area contributed by atoms with E-state index in [0.29, 0.717) is 17.9 Å². The van der Waals surface area contributed by atoms with E-state index in [2.05, 4.69) is 32.5 Å². The van der Waals surface area contributed by atoms with Crippen molar-refractivity contribution in [3.63, 3.8) is 0 Å². The van der Waals surface area contributed by atoms with E-state index in [1.165, 1.54) is 25.7 Å². The number of nitrogens with one attached hydrogen (secondary N) is 2. The van der Waals surface area contributed by atoms with Crippen molar-refractivity contribution in [2.24, 2.45) is 5.92 Å². The van der Waals surface area contributed by atoms with Gasteiger partial charge in [0, 0.05) is 13.1 Å². The second-order valence-corrected chi connectivity index (χ2v) is 4.93. The number of nitrogens with zero attached hydrogens (tertiary/aromatic N) is 3. The van der Waals surface area contributed by atoms with Crippen LogP contribution in [0.3, 0.4) is 0 Å². The van der Waals surface area contributed by atoms with Crippen molar-refractivity contribution in [3.8, 4) is 6.01 Å². The quantitative estimate of drug-likeness (QED) is 0.788. The van der Waals surface area contributed by atoms with Crippen LogP contribution in [-0.4, -0.2) is 35.2 Å². The van der Waals surface area contributed by atoms with Crippen molar-refractivity contribution in [2.45, 2.75) is 39.0 Å². The molecule has 1 saturated carbocycles. The predicted molar refractivity (Wildman–Crippen MR) is 75.6 cm³/mol. The van der Waals surface area contributed by atoms with Crippen molar-refractivity contribution < 1.29 is 4.74 Å². The normalized spacial score (nSPS) is 15.5. The van der Waals surface area contributed by atoms with E-state index < -0.39 is 0 Å². The van der Waals surface area contributed by atoms with Crippen LogP contribution in [-0.2, 0) is 0 Å². The molecule has 6 heteroatoms. The van der Waals surface area contributed by atoms with E-state index in [0.717, 1.165) is 25.4 Å². The molecule has 0 unspecified atom stereocenters. The maximum atomic E-state index is 5.11. The van der Waals surface area contributed by atoms with Gasteiger partial charge in [-0.05, 0) is 25.2 Å². The third-order valence-corrected chi connectivity index (χ3v) is 3.35. The van der Waals surface area contributed by atoms with Gasteiger partial charge in [0.15, 0.2) is 0 Å². The molecule has 19 heavy (non-hydrogen) atoms. The average Bonchev–Trinajstić information content (AvgIpc) is 2.96. The number of hydrogen-bond donors (Lipinski definition) is 2. The Morgan fingerprint density at radius 2 is 1.79 bits per heavy atom. The second kappa shape index (κ2) is 7.11. The lowest BCUT2D eigenvalue weighted by atomic mass is 10.1. The van der Waals surface area contributed by atoms with Gasteiger partial charge in [-0.25, -0.2) is 0 Å². The Kier molecular flexibility index (Phi) is 5.18. The van der Waals surface area contributed by atoms with Gasteiger partial charge in [0.2, 0.25) is 11.9 Å². The third-order valence-electron chi connectivity index (χ3n) is 3.35. The molecule has 0 aliphatic heterocycles. The summed E-state index contributed by atoms with van der Waals surface area (Å²) in [4.78, 5) is 12.8. The first-order valence-electron chi connectivity index (χ1n) is 7.09. The van der Waals surface area contributed by atoms with Crippen molar-refractivity contribution in [1.29, 1.82) is 0 Å². The molecular formula is C13H23N5O. The molecular weight excluding hydrogens is 242 g/mol. The summed E-state index contributed by atoms with van der Waals surface area (Å²) in [5.41, 5.74) is 0. The fourth-order valence-corrected chi connectivity index (χ4v) is 2.29. The first-order chi connectivity index (χ1) is 9.31. The van der Waals surface area contributed by atoms with E-state index in [1.807, 2.05) is 0 Å². The Bertz CT molecular complexity index is 393. The Labute approximate surface area is 114 Å². The van der Waals surface area contributed by atoms with Gasteiger partial charge in [-0.2, -0.15) is 15.0 Å². The molecule has 1 fully saturated rings. The molecule has 0 bridgehead atoms. The van der Waals surface area contributed by atoms with Crippen LogP contribution in [0.1, 0.15) is 39.0 Å². The molecule has 0 aromatic carbocycles. The lowest BCUT2D eigenvalue weighted by Crippen LogP contribution is -2.15. The second-order valence-electron chi connectivity index (χ2n) is 4.93. The van der Waals surface area contributed by atoms with Crippen LogP contribution in [0, 0.1) is 5.92 Å². The van der Waals surface area contributed by atoms with Crippen molar-refractivity contribution >= 4 is 11.9 Å². The summed E-state index contributed by atoms with van der Waals surface area (Å²) in [7, 11) is 1.57. The summed E-state index contributed by atoms with van der Waals surface area (Å²) >= 11 is 0. The smallest absolute Gasteiger partial charge is 0.322 e.